The molecule has 0 saturated heterocycles. The Morgan fingerprint density at radius 3 is 2.86 bits per heavy atom. The molecule has 1 heterocycles. The van der Waals surface area contributed by atoms with E-state index in [2.05, 4.69) is 42.8 Å². The third-order valence-corrected chi connectivity index (χ3v) is 1.66. The third-order valence-electron chi connectivity index (χ3n) is 1.21. The van der Waals surface area contributed by atoms with Gasteiger partial charge in [0.25, 0.3) is 0 Å². The van der Waals surface area contributed by atoms with Crippen molar-refractivity contribution in [2.24, 2.45) is 0 Å². The van der Waals surface area contributed by atoms with Gasteiger partial charge >= 0.3 is 6.01 Å². The molecule has 7 heteroatoms. The van der Waals surface area contributed by atoms with E-state index in [1.807, 2.05) is 0 Å². The molecule has 1 rings (SSSR count). The molecule has 0 fully saturated rings. The molecule has 0 saturated carbocycles. The van der Waals surface area contributed by atoms with Crippen molar-refractivity contribution in [1.82, 2.24) is 15.0 Å². The van der Waals surface area contributed by atoms with Crippen LogP contribution < -0.4 is 10.1 Å². The van der Waals surface area contributed by atoms with Crippen molar-refractivity contribution in [3.63, 3.8) is 0 Å². The molecule has 1 N–H and O–H groups in total. The molecule has 0 amide bonds. The zero-order valence-corrected chi connectivity index (χ0v) is 9.76. The Kier molecular flexibility index (Phi) is 4.09. The molecular weight excluding hydrogens is 271 g/mol. The topological polar surface area (TPSA) is 59.9 Å². The second kappa shape index (κ2) is 5.11. The summed E-state index contributed by atoms with van der Waals surface area (Å²) in [4.78, 5) is 11.5. The number of rotatable bonds is 4. The van der Waals surface area contributed by atoms with Gasteiger partial charge < -0.3 is 10.1 Å². The smallest absolute Gasteiger partial charge is 0.322 e. The van der Waals surface area contributed by atoms with Crippen LogP contribution in [0.5, 0.6) is 6.01 Å². The van der Waals surface area contributed by atoms with Crippen LogP contribution in [0.1, 0.15) is 0 Å². The number of nitrogens with zero attached hydrogens (tertiary/aromatic N) is 3. The van der Waals surface area contributed by atoms with Gasteiger partial charge in [-0.1, -0.05) is 22.5 Å². The Balaban J connectivity index is 2.76. The normalized spacial score (nSPS) is 9.64. The molecule has 0 aliphatic rings. The molecule has 1 aromatic rings. The summed E-state index contributed by atoms with van der Waals surface area (Å²) in [5, 5.41) is 2.97. The number of hydrogen-bond donors (Lipinski definition) is 1. The first-order valence-electron chi connectivity index (χ1n) is 3.64. The number of anilines is 1. The van der Waals surface area contributed by atoms with Crippen LogP contribution in [0.3, 0.4) is 0 Å². The van der Waals surface area contributed by atoms with Gasteiger partial charge in [0.1, 0.15) is 0 Å². The van der Waals surface area contributed by atoms with Crippen LogP contribution in [-0.4, -0.2) is 28.6 Å². The van der Waals surface area contributed by atoms with Crippen molar-refractivity contribution < 1.29 is 4.74 Å². The van der Waals surface area contributed by atoms with Crippen LogP contribution in [0.15, 0.2) is 11.1 Å². The van der Waals surface area contributed by atoms with Crippen molar-refractivity contribution >= 4 is 33.5 Å². The minimum atomic E-state index is 0.0829. The lowest BCUT2D eigenvalue weighted by molar-refractivity contribution is 0.379. The van der Waals surface area contributed by atoms with E-state index in [0.717, 1.165) is 4.48 Å². The van der Waals surface area contributed by atoms with Crippen molar-refractivity contribution in [2.45, 2.75) is 0 Å². The SMILES string of the molecule is C=C(Br)CNc1nc(Cl)nc(OC)n1. The predicted molar refractivity (Wildman–Crippen MR) is 57.9 cm³/mol. The summed E-state index contributed by atoms with van der Waals surface area (Å²) in [6, 6.07) is 0.174. The second-order valence-corrected chi connectivity index (χ2v) is 3.75. The van der Waals surface area contributed by atoms with E-state index in [4.69, 9.17) is 16.3 Å². The highest BCUT2D eigenvalue weighted by Crippen LogP contribution is 2.11. The molecule has 1 aromatic heterocycles. The summed E-state index contributed by atoms with van der Waals surface area (Å²) in [7, 11) is 1.46. The van der Waals surface area contributed by atoms with E-state index >= 15 is 0 Å². The molecule has 14 heavy (non-hydrogen) atoms. The van der Waals surface area contributed by atoms with E-state index < -0.39 is 0 Å². The maximum Gasteiger partial charge on any atom is 0.322 e. The van der Waals surface area contributed by atoms with E-state index in [1.54, 1.807) is 0 Å². The molecule has 0 atom stereocenters. The molecule has 0 aromatic carbocycles. The van der Waals surface area contributed by atoms with E-state index in [0.29, 0.717) is 12.5 Å². The van der Waals surface area contributed by atoms with Gasteiger partial charge in [-0.15, -0.1) is 0 Å². The summed E-state index contributed by atoms with van der Waals surface area (Å²) >= 11 is 8.82. The molecular formula is C7H8BrClN4O. The number of aromatic nitrogens is 3. The Morgan fingerprint density at radius 1 is 1.57 bits per heavy atom. The molecule has 0 aliphatic heterocycles. The maximum absolute atomic E-state index is 5.63. The molecule has 0 bridgehead atoms. The summed E-state index contributed by atoms with van der Waals surface area (Å²) in [6.45, 7) is 4.16. The standard InChI is InChI=1S/C7H8BrClN4O/c1-4(8)3-10-6-11-5(9)12-7(13-6)14-2/h1,3H2,2H3,(H,10,11,12,13). The van der Waals surface area contributed by atoms with Crippen molar-refractivity contribution in [3.05, 3.63) is 16.3 Å². The summed E-state index contributed by atoms with van der Waals surface area (Å²) in [6.07, 6.45) is 0. The van der Waals surface area contributed by atoms with Gasteiger partial charge in [-0.3, -0.25) is 0 Å². The third kappa shape index (κ3) is 3.47. The van der Waals surface area contributed by atoms with Gasteiger partial charge in [0.05, 0.1) is 7.11 Å². The molecule has 0 spiro atoms. The average molecular weight is 280 g/mol. The van der Waals surface area contributed by atoms with Gasteiger partial charge in [0.2, 0.25) is 11.2 Å². The first kappa shape index (κ1) is 11.2. The Labute approximate surface area is 94.7 Å². The highest BCUT2D eigenvalue weighted by molar-refractivity contribution is 9.11. The number of nitrogens with one attached hydrogen (secondary N) is 1. The predicted octanol–water partition coefficient (Wildman–Crippen LogP) is 1.85. The zero-order chi connectivity index (χ0) is 10.6. The minimum Gasteiger partial charge on any atom is -0.467 e. The molecule has 0 aliphatic carbocycles. The average Bonchev–Trinajstić information content (AvgIpc) is 2.14. The van der Waals surface area contributed by atoms with E-state index in [9.17, 15) is 0 Å². The Hall–Kier alpha value is -0.880. The number of halogens is 2. The zero-order valence-electron chi connectivity index (χ0n) is 7.42. The fourth-order valence-corrected chi connectivity index (χ4v) is 0.970. The first-order valence-corrected chi connectivity index (χ1v) is 4.81. The van der Waals surface area contributed by atoms with Gasteiger partial charge in [0, 0.05) is 11.0 Å². The van der Waals surface area contributed by atoms with Crippen LogP contribution in [0.25, 0.3) is 0 Å². The highest BCUT2D eigenvalue weighted by atomic mass is 79.9. The largest absolute Gasteiger partial charge is 0.467 e. The van der Waals surface area contributed by atoms with Crippen LogP contribution in [0, 0.1) is 0 Å². The molecule has 5 nitrogen and oxygen atoms in total. The van der Waals surface area contributed by atoms with Crippen molar-refractivity contribution in [3.8, 4) is 6.01 Å². The van der Waals surface area contributed by atoms with Gasteiger partial charge in [-0.25, -0.2) is 0 Å². The van der Waals surface area contributed by atoms with E-state index in [1.165, 1.54) is 7.11 Å². The van der Waals surface area contributed by atoms with Gasteiger partial charge in [-0.05, 0) is 11.6 Å². The monoisotopic (exact) mass is 278 g/mol. The maximum atomic E-state index is 5.63. The summed E-state index contributed by atoms with van der Waals surface area (Å²) in [5.74, 6) is 0.349. The first-order chi connectivity index (χ1) is 6.61. The number of methoxy groups -OCH3 is 1. The van der Waals surface area contributed by atoms with Crippen LogP contribution in [0.4, 0.5) is 5.95 Å². The van der Waals surface area contributed by atoms with Gasteiger partial charge in [0.15, 0.2) is 0 Å². The second-order valence-electron chi connectivity index (χ2n) is 2.29. The fourth-order valence-electron chi connectivity index (χ4n) is 0.677. The quantitative estimate of drug-likeness (QED) is 0.911. The lowest BCUT2D eigenvalue weighted by Gasteiger charge is -2.04. The minimum absolute atomic E-state index is 0.0829. The van der Waals surface area contributed by atoms with Crippen LogP contribution >= 0.6 is 27.5 Å². The van der Waals surface area contributed by atoms with Crippen molar-refractivity contribution in [1.29, 1.82) is 0 Å². The Morgan fingerprint density at radius 2 is 2.29 bits per heavy atom. The molecule has 0 radical (unpaired) electrons. The number of ether oxygens (including phenoxy) is 1. The van der Waals surface area contributed by atoms with E-state index in [-0.39, 0.29) is 11.3 Å². The highest BCUT2D eigenvalue weighted by Gasteiger charge is 2.03. The summed E-state index contributed by atoms with van der Waals surface area (Å²) < 4.78 is 5.61. The van der Waals surface area contributed by atoms with Crippen molar-refractivity contribution in [2.75, 3.05) is 19.0 Å². The number of hydrogen-bond acceptors (Lipinski definition) is 5. The van der Waals surface area contributed by atoms with Gasteiger partial charge in [-0.2, -0.15) is 15.0 Å². The lowest BCUT2D eigenvalue weighted by Crippen LogP contribution is -2.07. The summed E-state index contributed by atoms with van der Waals surface area (Å²) in [5.41, 5.74) is 0. The molecule has 0 unspecified atom stereocenters. The van der Waals surface area contributed by atoms with Crippen LogP contribution in [0.2, 0.25) is 5.28 Å². The molecule has 76 valence electrons. The Bertz CT molecular complexity index is 346. The van der Waals surface area contributed by atoms with Crippen LogP contribution in [-0.2, 0) is 0 Å². The fraction of sp³-hybridized carbons (Fsp3) is 0.286. The lowest BCUT2D eigenvalue weighted by atomic mass is 10.6.